The maximum absolute atomic E-state index is 6.13. The van der Waals surface area contributed by atoms with Gasteiger partial charge in [-0.1, -0.05) is 55.8 Å². The first-order chi connectivity index (χ1) is 9.54. The van der Waals surface area contributed by atoms with Crippen LogP contribution in [0.2, 0.25) is 5.02 Å². The highest BCUT2D eigenvalue weighted by atomic mass is 35.5. The van der Waals surface area contributed by atoms with Crippen LogP contribution in [0.4, 0.5) is 0 Å². The van der Waals surface area contributed by atoms with Crippen molar-refractivity contribution in [2.45, 2.75) is 44.9 Å². The van der Waals surface area contributed by atoms with Crippen molar-refractivity contribution in [1.29, 1.82) is 0 Å². The second-order valence-electron chi connectivity index (χ2n) is 6.53. The third-order valence-electron chi connectivity index (χ3n) is 4.42. The predicted octanol–water partition coefficient (Wildman–Crippen LogP) is 5.35. The third-order valence-corrected chi connectivity index (χ3v) is 4.65. The molecule has 0 fully saturated rings. The van der Waals surface area contributed by atoms with Gasteiger partial charge in [0.2, 0.25) is 0 Å². The summed E-state index contributed by atoms with van der Waals surface area (Å²) in [7, 11) is 0. The van der Waals surface area contributed by atoms with Gasteiger partial charge < -0.3 is 0 Å². The Hall–Kier alpha value is -1.27. The quantitative estimate of drug-likeness (QED) is 0.713. The van der Waals surface area contributed by atoms with E-state index in [0.29, 0.717) is 0 Å². The molecule has 0 radical (unpaired) electrons. The fraction of sp³-hybridized carbons (Fsp3) is 0.368. The van der Waals surface area contributed by atoms with E-state index in [4.69, 9.17) is 11.6 Å². The van der Waals surface area contributed by atoms with Crippen molar-refractivity contribution in [2.24, 2.45) is 0 Å². The van der Waals surface area contributed by atoms with E-state index in [1.54, 1.807) is 11.1 Å². The lowest BCUT2D eigenvalue weighted by Gasteiger charge is -2.26. The molecule has 0 aromatic heterocycles. The summed E-state index contributed by atoms with van der Waals surface area (Å²) in [4.78, 5) is 0. The molecule has 0 bridgehead atoms. The monoisotopic (exact) mass is 284 g/mol. The first-order valence-corrected chi connectivity index (χ1v) is 7.79. The number of benzene rings is 2. The van der Waals surface area contributed by atoms with E-state index in [9.17, 15) is 0 Å². The smallest absolute Gasteiger partial charge is 0.0408 e. The highest BCUT2D eigenvalue weighted by molar-refractivity contribution is 6.30. The number of hydrogen-bond donors (Lipinski definition) is 0. The zero-order valence-corrected chi connectivity index (χ0v) is 13.0. The maximum Gasteiger partial charge on any atom is 0.0408 e. The summed E-state index contributed by atoms with van der Waals surface area (Å²) >= 11 is 6.13. The molecule has 1 aliphatic carbocycles. The van der Waals surface area contributed by atoms with Crippen molar-refractivity contribution in [3.05, 3.63) is 69.7 Å². The molecule has 0 aliphatic heterocycles. The molecule has 20 heavy (non-hydrogen) atoms. The molecular weight excluding hydrogens is 264 g/mol. The van der Waals surface area contributed by atoms with Crippen LogP contribution in [0.15, 0.2) is 42.5 Å². The Labute approximate surface area is 126 Å². The van der Waals surface area contributed by atoms with Gasteiger partial charge in [-0.3, -0.25) is 0 Å². The Bertz CT molecular complexity index is 625. The number of halogens is 1. The Morgan fingerprint density at radius 2 is 1.80 bits per heavy atom. The minimum Gasteiger partial charge on any atom is -0.0843 e. The lowest BCUT2D eigenvalue weighted by Crippen LogP contribution is -2.20. The highest BCUT2D eigenvalue weighted by Gasteiger charge is 2.22. The Kier molecular flexibility index (Phi) is 3.60. The van der Waals surface area contributed by atoms with Crippen LogP contribution < -0.4 is 0 Å². The molecule has 0 spiro atoms. The van der Waals surface area contributed by atoms with E-state index < -0.39 is 0 Å². The molecule has 0 unspecified atom stereocenters. The Morgan fingerprint density at radius 1 is 1.00 bits per heavy atom. The minimum absolute atomic E-state index is 0.109. The van der Waals surface area contributed by atoms with Crippen molar-refractivity contribution in [3.63, 3.8) is 0 Å². The van der Waals surface area contributed by atoms with Crippen LogP contribution in [-0.2, 0) is 24.7 Å². The largest absolute Gasteiger partial charge is 0.0843 e. The third kappa shape index (κ3) is 2.76. The molecule has 0 nitrogen and oxygen atoms in total. The van der Waals surface area contributed by atoms with Crippen LogP contribution in [0.3, 0.4) is 0 Å². The summed E-state index contributed by atoms with van der Waals surface area (Å²) in [6.45, 7) is 4.60. The summed E-state index contributed by atoms with van der Waals surface area (Å²) in [6.07, 6.45) is 4.88. The van der Waals surface area contributed by atoms with Crippen molar-refractivity contribution in [3.8, 4) is 0 Å². The molecule has 2 aromatic carbocycles. The van der Waals surface area contributed by atoms with Gasteiger partial charge in [-0.25, -0.2) is 0 Å². The number of fused-ring (bicyclic) bond motifs is 1. The van der Waals surface area contributed by atoms with Crippen LogP contribution in [-0.4, -0.2) is 0 Å². The maximum atomic E-state index is 6.13. The second-order valence-corrected chi connectivity index (χ2v) is 6.96. The fourth-order valence-electron chi connectivity index (χ4n) is 3.26. The van der Waals surface area contributed by atoms with Gasteiger partial charge >= 0.3 is 0 Å². The standard InChI is InChI=1S/C19H21Cl/c1-19(2,17-7-4-8-18(20)12-17)13-14-9-10-15-5-3-6-16(15)11-14/h4,7-12H,3,5-6,13H2,1-2H3. The van der Waals surface area contributed by atoms with Gasteiger partial charge in [-0.2, -0.15) is 0 Å². The van der Waals surface area contributed by atoms with Crippen LogP contribution in [0.5, 0.6) is 0 Å². The van der Waals surface area contributed by atoms with E-state index in [1.807, 2.05) is 12.1 Å². The van der Waals surface area contributed by atoms with E-state index in [2.05, 4.69) is 44.2 Å². The van der Waals surface area contributed by atoms with Crippen molar-refractivity contribution < 1.29 is 0 Å². The Balaban J connectivity index is 1.86. The predicted molar refractivity (Wildman–Crippen MR) is 86.6 cm³/mol. The highest BCUT2D eigenvalue weighted by Crippen LogP contribution is 2.31. The topological polar surface area (TPSA) is 0 Å². The SMILES string of the molecule is CC(C)(Cc1ccc2c(c1)CCC2)c1cccc(Cl)c1. The van der Waals surface area contributed by atoms with Crippen LogP contribution in [0.25, 0.3) is 0 Å². The molecule has 0 saturated heterocycles. The molecular formula is C19H21Cl. The zero-order valence-electron chi connectivity index (χ0n) is 12.2. The van der Waals surface area contributed by atoms with Gasteiger partial charge in [0.05, 0.1) is 0 Å². The first-order valence-electron chi connectivity index (χ1n) is 7.41. The molecule has 0 N–H and O–H groups in total. The summed E-state index contributed by atoms with van der Waals surface area (Å²) in [5.74, 6) is 0. The van der Waals surface area contributed by atoms with Crippen LogP contribution in [0.1, 0.15) is 42.5 Å². The summed E-state index contributed by atoms with van der Waals surface area (Å²) < 4.78 is 0. The summed E-state index contributed by atoms with van der Waals surface area (Å²) in [6, 6.07) is 15.3. The summed E-state index contributed by atoms with van der Waals surface area (Å²) in [5.41, 5.74) is 5.97. The molecule has 104 valence electrons. The molecule has 0 saturated carbocycles. The number of hydrogen-bond acceptors (Lipinski definition) is 0. The van der Waals surface area contributed by atoms with Crippen molar-refractivity contribution in [1.82, 2.24) is 0 Å². The van der Waals surface area contributed by atoms with Gasteiger partial charge in [-0.05, 0) is 65.5 Å². The van der Waals surface area contributed by atoms with Gasteiger partial charge in [0.1, 0.15) is 0 Å². The molecule has 0 amide bonds. The second kappa shape index (κ2) is 5.26. The van der Waals surface area contributed by atoms with Crippen molar-refractivity contribution >= 4 is 11.6 Å². The lowest BCUT2D eigenvalue weighted by atomic mass is 9.79. The zero-order chi connectivity index (χ0) is 14.2. The van der Waals surface area contributed by atoms with Crippen molar-refractivity contribution in [2.75, 3.05) is 0 Å². The lowest BCUT2D eigenvalue weighted by molar-refractivity contribution is 0.522. The summed E-state index contributed by atoms with van der Waals surface area (Å²) in [5, 5.41) is 0.824. The van der Waals surface area contributed by atoms with E-state index in [-0.39, 0.29) is 5.41 Å². The molecule has 2 aromatic rings. The van der Waals surface area contributed by atoms with E-state index >= 15 is 0 Å². The molecule has 0 atom stereocenters. The average molecular weight is 285 g/mol. The van der Waals surface area contributed by atoms with Gasteiger partial charge in [0.15, 0.2) is 0 Å². The number of rotatable bonds is 3. The molecule has 1 heteroatoms. The van der Waals surface area contributed by atoms with Gasteiger partial charge in [0.25, 0.3) is 0 Å². The fourth-order valence-corrected chi connectivity index (χ4v) is 3.45. The van der Waals surface area contributed by atoms with E-state index in [0.717, 1.165) is 11.4 Å². The normalized spacial score (nSPS) is 14.3. The van der Waals surface area contributed by atoms with Crippen LogP contribution in [0, 0.1) is 0 Å². The first kappa shape index (κ1) is 13.7. The number of aryl methyl sites for hydroxylation is 2. The molecule has 3 rings (SSSR count). The van der Waals surface area contributed by atoms with Crippen LogP contribution >= 0.6 is 11.6 Å². The molecule has 1 aliphatic rings. The average Bonchev–Trinajstić information content (AvgIpc) is 2.85. The van der Waals surface area contributed by atoms with E-state index in [1.165, 1.54) is 30.4 Å². The minimum atomic E-state index is 0.109. The van der Waals surface area contributed by atoms with Gasteiger partial charge in [-0.15, -0.1) is 0 Å². The van der Waals surface area contributed by atoms with Gasteiger partial charge in [0, 0.05) is 5.02 Å². The molecule has 0 heterocycles. The Morgan fingerprint density at radius 3 is 2.60 bits per heavy atom.